The van der Waals surface area contributed by atoms with Crippen LogP contribution in [0.5, 0.6) is 0 Å². The molecule has 1 aliphatic carbocycles. The molecule has 1 aliphatic rings. The smallest absolute Gasteiger partial charge is 0.333 e. The van der Waals surface area contributed by atoms with Crippen LogP contribution in [-0.4, -0.2) is 64.2 Å². The van der Waals surface area contributed by atoms with Crippen molar-refractivity contribution in [2.45, 2.75) is 30.7 Å². The van der Waals surface area contributed by atoms with Gasteiger partial charge in [-0.3, -0.25) is 8.98 Å². The minimum atomic E-state index is -4.21. The Morgan fingerprint density at radius 3 is 2.81 bits per heavy atom. The zero-order valence-electron chi connectivity index (χ0n) is 18.9. The number of nitrogens with one attached hydrogen (secondary N) is 1. The van der Waals surface area contributed by atoms with E-state index in [4.69, 9.17) is 22.5 Å². The Bertz CT molecular complexity index is 1410. The molecule has 4 rings (SSSR count). The lowest BCUT2D eigenvalue weighted by Crippen LogP contribution is -2.36. The van der Waals surface area contributed by atoms with Crippen molar-refractivity contribution < 1.29 is 27.6 Å². The predicted molar refractivity (Wildman–Crippen MR) is 139 cm³/mol. The third-order valence-electron chi connectivity index (χ3n) is 5.85. The van der Waals surface area contributed by atoms with Gasteiger partial charge in [-0.25, -0.2) is 20.1 Å². The molecule has 12 nitrogen and oxygen atoms in total. The van der Waals surface area contributed by atoms with E-state index in [1.54, 1.807) is 24.3 Å². The first-order valence-corrected chi connectivity index (χ1v) is 14.2. The highest BCUT2D eigenvalue weighted by Crippen LogP contribution is 2.36. The third-order valence-corrected chi connectivity index (χ3v) is 8.15. The number of anilines is 1. The van der Waals surface area contributed by atoms with E-state index in [-0.39, 0.29) is 22.7 Å². The van der Waals surface area contributed by atoms with Crippen LogP contribution < -0.4 is 16.2 Å². The molecule has 0 spiro atoms. The highest BCUT2D eigenvalue weighted by Gasteiger charge is 2.42. The average molecular weight is 634 g/mol. The standard InChI is InChI=1S/C21H22BrClN6O6S2/c22-15-3-1-2-12(28-15)16(24)10-5-14(36-20(10)23)18(31)11-6-26-8-27-21(11)29-13-4-9(17(30)19(13)32)7-35-37(25,33)34/h1-3,5-6,8-9,13,16-17,19,30,32H,4,7,24H2,(H2,25,33,34)(H,26,27,29)/t9-,13-,16?,17-,19+/m1/s1. The van der Waals surface area contributed by atoms with Gasteiger partial charge < -0.3 is 21.3 Å². The fourth-order valence-corrected chi connectivity index (χ4v) is 6.03. The fourth-order valence-electron chi connectivity index (χ4n) is 4.00. The monoisotopic (exact) mass is 632 g/mol. The van der Waals surface area contributed by atoms with Crippen LogP contribution in [0.4, 0.5) is 5.82 Å². The first-order valence-electron chi connectivity index (χ1n) is 10.8. The Balaban J connectivity index is 1.54. The van der Waals surface area contributed by atoms with E-state index < -0.39 is 52.9 Å². The summed E-state index contributed by atoms with van der Waals surface area (Å²) in [5.74, 6) is -1.04. The van der Waals surface area contributed by atoms with Crippen LogP contribution in [-0.2, 0) is 14.5 Å². The van der Waals surface area contributed by atoms with Gasteiger partial charge in [0.1, 0.15) is 22.9 Å². The molecule has 198 valence electrons. The van der Waals surface area contributed by atoms with E-state index in [0.717, 1.165) is 11.3 Å². The topological polar surface area (TPSA) is 204 Å². The average Bonchev–Trinajstić information content (AvgIpc) is 3.36. The molecule has 1 saturated carbocycles. The Morgan fingerprint density at radius 1 is 1.35 bits per heavy atom. The van der Waals surface area contributed by atoms with Crippen LogP contribution in [0.25, 0.3) is 0 Å². The maximum absolute atomic E-state index is 13.4. The summed E-state index contributed by atoms with van der Waals surface area (Å²) in [7, 11) is -4.21. The number of nitrogens with two attached hydrogens (primary N) is 2. The lowest BCUT2D eigenvalue weighted by molar-refractivity contribution is 0.00778. The van der Waals surface area contributed by atoms with E-state index in [2.05, 4.69) is 40.4 Å². The van der Waals surface area contributed by atoms with Crippen LogP contribution >= 0.6 is 38.9 Å². The van der Waals surface area contributed by atoms with Gasteiger partial charge in [-0.2, -0.15) is 8.42 Å². The van der Waals surface area contributed by atoms with Gasteiger partial charge in [0.15, 0.2) is 0 Å². The molecule has 0 aliphatic heterocycles. The number of ketones is 1. The molecule has 1 unspecified atom stereocenters. The number of hydrogen-bond acceptors (Lipinski definition) is 12. The second kappa shape index (κ2) is 11.3. The summed E-state index contributed by atoms with van der Waals surface area (Å²) >= 11 is 10.8. The first-order chi connectivity index (χ1) is 17.4. The van der Waals surface area contributed by atoms with Crippen LogP contribution in [0.15, 0.2) is 41.4 Å². The minimum absolute atomic E-state index is 0.104. The van der Waals surface area contributed by atoms with Crippen LogP contribution in [0.1, 0.15) is 39.0 Å². The summed E-state index contributed by atoms with van der Waals surface area (Å²) in [5.41, 5.74) is 7.55. The second-order valence-corrected chi connectivity index (χ2v) is 12.0. The highest BCUT2D eigenvalue weighted by molar-refractivity contribution is 9.10. The number of rotatable bonds is 9. The Morgan fingerprint density at radius 2 is 2.11 bits per heavy atom. The van der Waals surface area contributed by atoms with Crippen LogP contribution in [0, 0.1) is 5.92 Å². The molecule has 0 aromatic carbocycles. The van der Waals surface area contributed by atoms with Gasteiger partial charge in [0, 0.05) is 17.7 Å². The summed E-state index contributed by atoms with van der Waals surface area (Å²) in [4.78, 5) is 26.1. The first kappa shape index (κ1) is 27.9. The number of aliphatic hydroxyl groups excluding tert-OH is 2. The summed E-state index contributed by atoms with van der Waals surface area (Å²) in [6.45, 7) is -0.408. The van der Waals surface area contributed by atoms with Crippen LogP contribution in [0.3, 0.4) is 0 Å². The molecule has 3 aromatic rings. The number of thiophene rings is 1. The second-order valence-electron chi connectivity index (χ2n) is 8.32. The zero-order chi connectivity index (χ0) is 26.9. The molecule has 5 atom stereocenters. The largest absolute Gasteiger partial charge is 0.390 e. The van der Waals surface area contributed by atoms with E-state index in [9.17, 15) is 23.4 Å². The number of pyridine rings is 1. The van der Waals surface area contributed by atoms with Gasteiger partial charge in [-0.1, -0.05) is 17.7 Å². The molecule has 37 heavy (non-hydrogen) atoms. The number of carbonyl (C=O) groups is 1. The van der Waals surface area contributed by atoms with Gasteiger partial charge >= 0.3 is 10.3 Å². The van der Waals surface area contributed by atoms with Gasteiger partial charge in [-0.05, 0) is 40.5 Å². The summed E-state index contributed by atoms with van der Waals surface area (Å²) in [6, 6.07) is 5.47. The zero-order valence-corrected chi connectivity index (χ0v) is 22.8. The number of aliphatic hydroxyl groups is 2. The SMILES string of the molecule is NC(c1cccc(Br)n1)c1cc(C(=O)c2cncnc2N[C@@H]2C[C@H](COS(N)(=O)=O)[C@@H](O)[C@H]2O)sc1Cl. The Kier molecular flexibility index (Phi) is 8.57. The van der Waals surface area contributed by atoms with Gasteiger partial charge in [0.2, 0.25) is 5.78 Å². The molecule has 0 saturated heterocycles. The van der Waals surface area contributed by atoms with Gasteiger partial charge in [-0.15, -0.1) is 11.3 Å². The Hall–Kier alpha value is -2.08. The van der Waals surface area contributed by atoms with Crippen molar-refractivity contribution in [1.82, 2.24) is 15.0 Å². The van der Waals surface area contributed by atoms with E-state index in [1.165, 1.54) is 12.5 Å². The summed E-state index contributed by atoms with van der Waals surface area (Å²) < 4.78 is 27.7. The Labute approximate surface area is 229 Å². The summed E-state index contributed by atoms with van der Waals surface area (Å²) in [6.07, 6.45) is 0.0941. The minimum Gasteiger partial charge on any atom is -0.390 e. The molecule has 1 fully saturated rings. The molecular formula is C21H22BrClN6O6S2. The van der Waals surface area contributed by atoms with Crippen molar-refractivity contribution in [2.75, 3.05) is 11.9 Å². The molecule has 7 N–H and O–H groups in total. The number of carbonyl (C=O) groups excluding carboxylic acids is 1. The predicted octanol–water partition coefficient (Wildman–Crippen LogP) is 1.37. The van der Waals surface area contributed by atoms with E-state index in [1.807, 2.05) is 0 Å². The third kappa shape index (κ3) is 6.50. The van der Waals surface area contributed by atoms with Crippen molar-refractivity contribution in [1.29, 1.82) is 0 Å². The molecule has 0 radical (unpaired) electrons. The molecule has 16 heteroatoms. The number of hydrogen-bond donors (Lipinski definition) is 5. The molecule has 3 aromatic heterocycles. The molecular weight excluding hydrogens is 612 g/mol. The maximum atomic E-state index is 13.4. The van der Waals surface area contributed by atoms with Crippen molar-refractivity contribution >= 4 is 60.8 Å². The van der Waals surface area contributed by atoms with Gasteiger partial charge in [0.25, 0.3) is 0 Å². The summed E-state index contributed by atoms with van der Waals surface area (Å²) in [5, 5.41) is 28.6. The van der Waals surface area contributed by atoms with E-state index in [0.29, 0.717) is 20.2 Å². The van der Waals surface area contributed by atoms with Gasteiger partial charge in [0.05, 0.1) is 45.3 Å². The quantitative estimate of drug-likeness (QED) is 0.168. The van der Waals surface area contributed by atoms with Crippen molar-refractivity contribution in [2.24, 2.45) is 16.8 Å². The fraction of sp³-hybridized carbons (Fsp3) is 0.333. The highest BCUT2D eigenvalue weighted by atomic mass is 79.9. The molecule has 0 amide bonds. The number of aromatic nitrogens is 3. The van der Waals surface area contributed by atoms with Crippen molar-refractivity contribution in [3.63, 3.8) is 0 Å². The van der Waals surface area contributed by atoms with Crippen molar-refractivity contribution in [3.05, 3.63) is 67.4 Å². The normalized spacial score (nSPS) is 22.6. The maximum Gasteiger partial charge on any atom is 0.333 e. The lowest BCUT2D eigenvalue weighted by Gasteiger charge is -2.19. The number of nitrogens with zero attached hydrogens (tertiary/aromatic N) is 3. The number of halogens is 2. The lowest BCUT2D eigenvalue weighted by atomic mass is 10.1. The molecule has 0 bridgehead atoms. The van der Waals surface area contributed by atoms with E-state index >= 15 is 0 Å². The van der Waals surface area contributed by atoms with Crippen LogP contribution in [0.2, 0.25) is 4.34 Å². The van der Waals surface area contributed by atoms with Crippen molar-refractivity contribution in [3.8, 4) is 0 Å². The molecule has 3 heterocycles.